The predicted octanol–water partition coefficient (Wildman–Crippen LogP) is -0.761. The molecule has 5 atom stereocenters. The maximum atomic E-state index is 11.7. The van der Waals surface area contributed by atoms with Gasteiger partial charge in [-0.2, -0.15) is 0 Å². The molecule has 0 aromatic rings. The molecule has 9 heteroatoms. The van der Waals surface area contributed by atoms with Crippen molar-refractivity contribution in [3.05, 3.63) is 0 Å². The van der Waals surface area contributed by atoms with E-state index in [0.29, 0.717) is 32.2 Å². The maximum Gasteiger partial charge on any atom is 0.219 e. The first-order valence-electron chi connectivity index (χ1n) is 9.55. The first kappa shape index (κ1) is 23.9. The molecule has 27 heavy (non-hydrogen) atoms. The molecule has 158 valence electrons. The number of ketones is 1. The molecule has 1 aliphatic rings. The van der Waals surface area contributed by atoms with Gasteiger partial charge in [-0.3, -0.25) is 4.79 Å². The Hall–Kier alpha value is -1.10. The third-order valence-electron chi connectivity index (χ3n) is 4.46. The van der Waals surface area contributed by atoms with Crippen molar-refractivity contribution < 1.29 is 39.5 Å². The molecule has 1 saturated heterocycles. The third-order valence-corrected chi connectivity index (χ3v) is 4.46. The summed E-state index contributed by atoms with van der Waals surface area (Å²) in [6.45, 7) is 1.88. The molecule has 0 saturated carbocycles. The number of hydrogen-bond donors (Lipinski definition) is 5. The fourth-order valence-electron chi connectivity index (χ4n) is 2.78. The molecule has 0 aliphatic carbocycles. The van der Waals surface area contributed by atoms with Crippen LogP contribution in [-0.4, -0.2) is 82.6 Å². The normalized spacial score (nSPS) is 28.1. The van der Waals surface area contributed by atoms with Gasteiger partial charge in [-0.1, -0.05) is 6.42 Å². The van der Waals surface area contributed by atoms with Crippen LogP contribution in [0.25, 0.3) is 0 Å². The molecule has 1 amide bonds. The van der Waals surface area contributed by atoms with Crippen molar-refractivity contribution in [2.45, 2.75) is 82.6 Å². The first-order chi connectivity index (χ1) is 12.9. The third kappa shape index (κ3) is 9.09. The molecule has 5 unspecified atom stereocenters. The molecule has 9 nitrogen and oxygen atoms in total. The number of hydrogen-bond acceptors (Lipinski definition) is 8. The molecule has 5 N–H and O–H groups in total. The zero-order valence-corrected chi connectivity index (χ0v) is 15.9. The summed E-state index contributed by atoms with van der Waals surface area (Å²) in [5, 5.41) is 41.1. The highest BCUT2D eigenvalue weighted by Gasteiger charge is 2.43. The lowest BCUT2D eigenvalue weighted by Crippen LogP contribution is -2.59. The van der Waals surface area contributed by atoms with Crippen molar-refractivity contribution in [2.24, 2.45) is 0 Å². The minimum absolute atomic E-state index is 0.0468. The molecule has 0 radical (unpaired) electrons. The number of aliphatic hydroxyl groups excluding tert-OH is 4. The van der Waals surface area contributed by atoms with Gasteiger partial charge in [-0.15, -0.1) is 0 Å². The monoisotopic (exact) mass is 391 g/mol. The largest absolute Gasteiger partial charge is 0.394 e. The molecule has 1 fully saturated rings. The predicted molar refractivity (Wildman–Crippen MR) is 95.7 cm³/mol. The number of rotatable bonds is 13. The molecule has 1 heterocycles. The minimum atomic E-state index is -1.46. The van der Waals surface area contributed by atoms with E-state index in [1.54, 1.807) is 6.92 Å². The van der Waals surface area contributed by atoms with Crippen LogP contribution in [0, 0.1) is 0 Å². The molecular weight excluding hydrogens is 358 g/mol. The van der Waals surface area contributed by atoms with E-state index < -0.39 is 37.3 Å². The van der Waals surface area contributed by atoms with E-state index in [2.05, 4.69) is 5.32 Å². The zero-order valence-electron chi connectivity index (χ0n) is 15.9. The standard InChI is InChI=1S/C18H33NO8/c1-12(21)7-3-2-5-9-19-14(22)8-4-6-10-26-18-17(25)16(24)15(23)13(11-20)27-18/h13,15-18,20,23-25H,2-11H2,1H3,(H,19,22). The van der Waals surface area contributed by atoms with Gasteiger partial charge in [0, 0.05) is 26.0 Å². The first-order valence-corrected chi connectivity index (χ1v) is 9.55. The fraction of sp³-hybridized carbons (Fsp3) is 0.889. The second-order valence-electron chi connectivity index (χ2n) is 6.89. The minimum Gasteiger partial charge on any atom is -0.394 e. The number of Topliss-reactive ketones (excluding diaryl/α,β-unsaturated/α-hetero) is 1. The van der Waals surface area contributed by atoms with E-state index in [4.69, 9.17) is 14.6 Å². The lowest BCUT2D eigenvalue weighted by Gasteiger charge is -2.39. The summed E-state index contributed by atoms with van der Waals surface area (Å²) in [5.41, 5.74) is 0. The van der Waals surface area contributed by atoms with Crippen LogP contribution in [0.3, 0.4) is 0 Å². The Bertz CT molecular complexity index is 445. The van der Waals surface area contributed by atoms with Crippen LogP contribution in [0.1, 0.15) is 51.9 Å². The van der Waals surface area contributed by atoms with Crippen molar-refractivity contribution >= 4 is 11.7 Å². The lowest BCUT2D eigenvalue weighted by atomic mass is 9.99. The zero-order chi connectivity index (χ0) is 20.2. The van der Waals surface area contributed by atoms with Crippen molar-refractivity contribution in [3.8, 4) is 0 Å². The summed E-state index contributed by atoms with van der Waals surface area (Å²) in [4.78, 5) is 22.5. The van der Waals surface area contributed by atoms with E-state index in [0.717, 1.165) is 19.3 Å². The van der Waals surface area contributed by atoms with Crippen LogP contribution >= 0.6 is 0 Å². The number of carbonyl (C=O) groups is 2. The highest BCUT2D eigenvalue weighted by molar-refractivity contribution is 5.76. The Labute approximate surface area is 159 Å². The Morgan fingerprint density at radius 2 is 1.67 bits per heavy atom. The maximum absolute atomic E-state index is 11.7. The SMILES string of the molecule is CC(=O)CCCCCNC(=O)CCCCOC1OC(CO)C(O)C(O)C1O. The number of unbranched alkanes of at least 4 members (excludes halogenated alkanes) is 3. The average molecular weight is 391 g/mol. The van der Waals surface area contributed by atoms with E-state index in [1.807, 2.05) is 0 Å². The van der Waals surface area contributed by atoms with Gasteiger partial charge in [-0.25, -0.2) is 0 Å². The van der Waals surface area contributed by atoms with Gasteiger partial charge in [0.2, 0.25) is 5.91 Å². The average Bonchev–Trinajstić information content (AvgIpc) is 2.63. The van der Waals surface area contributed by atoms with E-state index in [-0.39, 0.29) is 18.3 Å². The number of amides is 1. The number of ether oxygens (including phenoxy) is 2. The summed E-state index contributed by atoms with van der Waals surface area (Å²) in [7, 11) is 0. The summed E-state index contributed by atoms with van der Waals surface area (Å²) >= 11 is 0. The Kier molecular flexibility index (Phi) is 11.7. The summed E-state index contributed by atoms with van der Waals surface area (Å²) < 4.78 is 10.6. The van der Waals surface area contributed by atoms with Crippen LogP contribution in [0.2, 0.25) is 0 Å². The second-order valence-corrected chi connectivity index (χ2v) is 6.89. The van der Waals surface area contributed by atoms with Crippen molar-refractivity contribution in [1.29, 1.82) is 0 Å². The van der Waals surface area contributed by atoms with Crippen LogP contribution in [0.5, 0.6) is 0 Å². The molecular formula is C18H33NO8. The Balaban J connectivity index is 2.07. The number of aliphatic hydroxyl groups is 4. The number of carbonyl (C=O) groups excluding carboxylic acids is 2. The molecule has 0 spiro atoms. The fourth-order valence-corrected chi connectivity index (χ4v) is 2.78. The van der Waals surface area contributed by atoms with E-state index in [1.165, 1.54) is 0 Å². The van der Waals surface area contributed by atoms with Gasteiger partial charge >= 0.3 is 0 Å². The summed E-state index contributed by atoms with van der Waals surface area (Å²) in [5.74, 6) is 0.138. The number of nitrogens with one attached hydrogen (secondary N) is 1. The highest BCUT2D eigenvalue weighted by atomic mass is 16.7. The van der Waals surface area contributed by atoms with Crippen molar-refractivity contribution in [3.63, 3.8) is 0 Å². The van der Waals surface area contributed by atoms with Crippen LogP contribution in [-0.2, 0) is 19.1 Å². The molecule has 1 rings (SSSR count). The van der Waals surface area contributed by atoms with Gasteiger partial charge in [0.25, 0.3) is 0 Å². The lowest BCUT2D eigenvalue weighted by molar-refractivity contribution is -0.301. The topological polar surface area (TPSA) is 146 Å². The quantitative estimate of drug-likeness (QED) is 0.258. The Morgan fingerprint density at radius 1 is 0.963 bits per heavy atom. The molecule has 0 aromatic heterocycles. The van der Waals surface area contributed by atoms with E-state index >= 15 is 0 Å². The highest BCUT2D eigenvalue weighted by Crippen LogP contribution is 2.22. The van der Waals surface area contributed by atoms with Crippen LogP contribution < -0.4 is 5.32 Å². The van der Waals surface area contributed by atoms with Crippen LogP contribution in [0.4, 0.5) is 0 Å². The molecule has 0 aromatic carbocycles. The molecule has 1 aliphatic heterocycles. The second kappa shape index (κ2) is 13.1. The van der Waals surface area contributed by atoms with Crippen molar-refractivity contribution in [2.75, 3.05) is 19.8 Å². The Morgan fingerprint density at radius 3 is 2.33 bits per heavy atom. The van der Waals surface area contributed by atoms with Gasteiger partial charge in [0.1, 0.15) is 30.2 Å². The molecule has 0 bridgehead atoms. The van der Waals surface area contributed by atoms with Crippen molar-refractivity contribution in [1.82, 2.24) is 5.32 Å². The van der Waals surface area contributed by atoms with Gasteiger partial charge in [-0.05, 0) is 32.6 Å². The van der Waals surface area contributed by atoms with Gasteiger partial charge in [0.05, 0.1) is 6.61 Å². The smallest absolute Gasteiger partial charge is 0.219 e. The summed E-state index contributed by atoms with van der Waals surface area (Å²) in [6.07, 6.45) is -1.71. The van der Waals surface area contributed by atoms with Crippen LogP contribution in [0.15, 0.2) is 0 Å². The van der Waals surface area contributed by atoms with Gasteiger partial charge < -0.3 is 40.0 Å². The van der Waals surface area contributed by atoms with E-state index in [9.17, 15) is 24.9 Å². The summed E-state index contributed by atoms with van der Waals surface area (Å²) in [6, 6.07) is 0. The van der Waals surface area contributed by atoms with Gasteiger partial charge in [0.15, 0.2) is 6.29 Å².